The number of thiophene rings is 1. The molecule has 5 rings (SSSR count). The molecule has 0 bridgehead atoms. The molecule has 3 unspecified atom stereocenters. The largest absolute Gasteiger partial charge is 0.494 e. The van der Waals surface area contributed by atoms with Crippen LogP contribution in [0.4, 0.5) is 0 Å². The molecule has 1 saturated heterocycles. The fourth-order valence-electron chi connectivity index (χ4n) is 5.33. The third-order valence-corrected chi connectivity index (χ3v) is 8.57. The van der Waals surface area contributed by atoms with Gasteiger partial charge in [0, 0.05) is 38.0 Å². The average Bonchev–Trinajstić information content (AvgIpc) is 3.57. The molecule has 230 valence electrons. The van der Waals surface area contributed by atoms with Gasteiger partial charge in [0.15, 0.2) is 0 Å². The number of benzene rings is 3. The van der Waals surface area contributed by atoms with Crippen LogP contribution in [0.5, 0.6) is 11.5 Å². The normalized spacial score (nSPS) is 17.6. The maximum absolute atomic E-state index is 6.53. The minimum Gasteiger partial charge on any atom is -0.494 e. The molecule has 3 aromatic carbocycles. The van der Waals surface area contributed by atoms with Crippen LogP contribution in [-0.4, -0.2) is 65.9 Å². The van der Waals surface area contributed by atoms with Gasteiger partial charge in [0.1, 0.15) is 24.2 Å². The van der Waals surface area contributed by atoms with E-state index in [0.717, 1.165) is 48.4 Å². The smallest absolute Gasteiger partial charge is 0.120 e. The second kappa shape index (κ2) is 16.8. The van der Waals surface area contributed by atoms with Crippen molar-refractivity contribution in [1.29, 1.82) is 0 Å². The van der Waals surface area contributed by atoms with E-state index < -0.39 is 0 Å². The van der Waals surface area contributed by atoms with Crippen LogP contribution in [0.15, 0.2) is 78.2 Å². The van der Waals surface area contributed by atoms with E-state index in [2.05, 4.69) is 77.4 Å². The quantitative estimate of drug-likeness (QED) is 0.136. The van der Waals surface area contributed by atoms with Gasteiger partial charge in [-0.3, -0.25) is 0 Å². The summed E-state index contributed by atoms with van der Waals surface area (Å²) in [5.74, 6) is 2.04. The maximum atomic E-state index is 6.53. The molecule has 43 heavy (non-hydrogen) atoms. The lowest BCUT2D eigenvalue weighted by molar-refractivity contribution is 0.000903. The second-order valence-corrected chi connectivity index (χ2v) is 11.9. The van der Waals surface area contributed by atoms with E-state index in [1.54, 1.807) is 25.6 Å². The molecule has 1 aliphatic heterocycles. The van der Waals surface area contributed by atoms with Crippen molar-refractivity contribution < 1.29 is 28.4 Å². The first-order valence-corrected chi connectivity index (χ1v) is 15.9. The first kappa shape index (κ1) is 31.4. The zero-order valence-electron chi connectivity index (χ0n) is 25.2. The Morgan fingerprint density at radius 3 is 2.53 bits per heavy atom. The number of nitrogens with one attached hydrogen (secondary N) is 1. The topological polar surface area (TPSA) is 67.4 Å². The standard InChI is InChI=1S/C35H43NO6S/c1-37-23-32(38-2)24-41-31-13-8-27-7-6-26(19-29(27)20-31)22-42-35-21-36-15-14-34(35)28-9-11-30(12-10-28)40-17-4-16-39-25-33-5-3-18-43-33/h3,5-13,18-20,32,34-36H,4,14-17,21-25H2,1-2H3. The Labute approximate surface area is 259 Å². The molecule has 0 saturated carbocycles. The third-order valence-electron chi connectivity index (χ3n) is 7.72. The van der Waals surface area contributed by atoms with Crippen LogP contribution < -0.4 is 14.8 Å². The lowest BCUT2D eigenvalue weighted by Gasteiger charge is -2.32. The molecule has 1 fully saturated rings. The third kappa shape index (κ3) is 9.50. The predicted molar refractivity (Wildman–Crippen MR) is 171 cm³/mol. The Bertz CT molecular complexity index is 1360. The summed E-state index contributed by atoms with van der Waals surface area (Å²) in [6, 6.07) is 25.3. The maximum Gasteiger partial charge on any atom is 0.120 e. The molecule has 0 spiro atoms. The zero-order chi connectivity index (χ0) is 29.7. The fourth-order valence-corrected chi connectivity index (χ4v) is 5.97. The van der Waals surface area contributed by atoms with Crippen LogP contribution in [0, 0.1) is 0 Å². The van der Waals surface area contributed by atoms with Crippen molar-refractivity contribution in [3.05, 3.63) is 94.2 Å². The average molecular weight is 606 g/mol. The molecule has 3 atom stereocenters. The van der Waals surface area contributed by atoms with Crippen LogP contribution in [0.2, 0.25) is 0 Å². The molecule has 2 heterocycles. The molecule has 8 heteroatoms. The number of ether oxygens (including phenoxy) is 6. The van der Waals surface area contributed by atoms with E-state index in [-0.39, 0.29) is 12.2 Å². The van der Waals surface area contributed by atoms with Crippen molar-refractivity contribution in [3.8, 4) is 11.5 Å². The molecule has 4 aromatic rings. The van der Waals surface area contributed by atoms with Crippen LogP contribution in [-0.2, 0) is 32.2 Å². The van der Waals surface area contributed by atoms with Gasteiger partial charge in [-0.15, -0.1) is 11.3 Å². The summed E-state index contributed by atoms with van der Waals surface area (Å²) in [5, 5.41) is 7.88. The summed E-state index contributed by atoms with van der Waals surface area (Å²) < 4.78 is 34.8. The predicted octanol–water partition coefficient (Wildman–Crippen LogP) is 6.59. The van der Waals surface area contributed by atoms with Crippen molar-refractivity contribution >= 4 is 22.1 Å². The summed E-state index contributed by atoms with van der Waals surface area (Å²) in [4.78, 5) is 1.25. The van der Waals surface area contributed by atoms with E-state index >= 15 is 0 Å². The molecule has 1 aliphatic rings. The Morgan fingerprint density at radius 2 is 1.72 bits per heavy atom. The van der Waals surface area contributed by atoms with E-state index in [4.69, 9.17) is 28.4 Å². The number of piperidine rings is 1. The highest BCUT2D eigenvalue weighted by Gasteiger charge is 2.27. The van der Waals surface area contributed by atoms with E-state index in [0.29, 0.717) is 45.6 Å². The van der Waals surface area contributed by atoms with Gasteiger partial charge in [0.05, 0.1) is 39.1 Å². The van der Waals surface area contributed by atoms with Crippen LogP contribution in [0.25, 0.3) is 10.8 Å². The molecule has 1 N–H and O–H groups in total. The van der Waals surface area contributed by atoms with E-state index in [9.17, 15) is 0 Å². The summed E-state index contributed by atoms with van der Waals surface area (Å²) in [6.45, 7) is 5.32. The fraction of sp³-hybridized carbons (Fsp3) is 0.429. The van der Waals surface area contributed by atoms with Crippen LogP contribution >= 0.6 is 11.3 Å². The summed E-state index contributed by atoms with van der Waals surface area (Å²) in [5.41, 5.74) is 2.44. The Kier molecular flexibility index (Phi) is 12.3. The highest BCUT2D eigenvalue weighted by atomic mass is 32.1. The van der Waals surface area contributed by atoms with Gasteiger partial charge in [-0.2, -0.15) is 0 Å². The number of hydrogen-bond donors (Lipinski definition) is 1. The summed E-state index contributed by atoms with van der Waals surface area (Å²) in [7, 11) is 3.33. The lowest BCUT2D eigenvalue weighted by atomic mass is 9.87. The number of fused-ring (bicyclic) bond motifs is 1. The molecule has 0 amide bonds. The van der Waals surface area contributed by atoms with Crippen LogP contribution in [0.3, 0.4) is 0 Å². The van der Waals surface area contributed by atoms with Crippen molar-refractivity contribution in [1.82, 2.24) is 5.32 Å². The van der Waals surface area contributed by atoms with Gasteiger partial charge in [-0.25, -0.2) is 0 Å². The van der Waals surface area contributed by atoms with E-state index in [1.807, 2.05) is 6.07 Å². The van der Waals surface area contributed by atoms with Crippen molar-refractivity contribution in [2.45, 2.75) is 44.2 Å². The molecular formula is C35H43NO6S. The second-order valence-electron chi connectivity index (χ2n) is 10.8. The van der Waals surface area contributed by atoms with E-state index in [1.165, 1.54) is 15.8 Å². The zero-order valence-corrected chi connectivity index (χ0v) is 26.0. The SMILES string of the molecule is COCC(COc1ccc2ccc(COC3CNCCC3c3ccc(OCCCOCc4cccs4)cc3)cc2c1)OC. The molecule has 1 aromatic heterocycles. The van der Waals surface area contributed by atoms with Gasteiger partial charge >= 0.3 is 0 Å². The lowest BCUT2D eigenvalue weighted by Crippen LogP contribution is -2.40. The molecule has 0 radical (unpaired) electrons. The first-order chi connectivity index (χ1) is 21.2. The summed E-state index contributed by atoms with van der Waals surface area (Å²) >= 11 is 1.72. The Hall–Kier alpha value is -2.98. The summed E-state index contributed by atoms with van der Waals surface area (Å²) in [6.07, 6.45) is 1.89. The molecular weight excluding hydrogens is 562 g/mol. The molecule has 7 nitrogen and oxygen atoms in total. The first-order valence-electron chi connectivity index (χ1n) is 15.0. The van der Waals surface area contributed by atoms with Gasteiger partial charge in [0.25, 0.3) is 0 Å². The Morgan fingerprint density at radius 1 is 0.860 bits per heavy atom. The highest BCUT2D eigenvalue weighted by Crippen LogP contribution is 2.30. The number of methoxy groups -OCH3 is 2. The number of rotatable bonds is 17. The van der Waals surface area contributed by atoms with Crippen molar-refractivity contribution in [2.75, 3.05) is 53.7 Å². The number of hydrogen-bond acceptors (Lipinski definition) is 8. The minimum atomic E-state index is -0.104. The monoisotopic (exact) mass is 605 g/mol. The van der Waals surface area contributed by atoms with Crippen molar-refractivity contribution in [3.63, 3.8) is 0 Å². The minimum absolute atomic E-state index is 0.0955. The van der Waals surface area contributed by atoms with Gasteiger partial charge < -0.3 is 33.7 Å². The van der Waals surface area contributed by atoms with Crippen LogP contribution in [0.1, 0.15) is 34.8 Å². The molecule has 0 aliphatic carbocycles. The highest BCUT2D eigenvalue weighted by molar-refractivity contribution is 7.09. The Balaban J connectivity index is 1.11. The van der Waals surface area contributed by atoms with Crippen molar-refractivity contribution in [2.24, 2.45) is 0 Å². The van der Waals surface area contributed by atoms with Gasteiger partial charge in [0.2, 0.25) is 0 Å². The van der Waals surface area contributed by atoms with Gasteiger partial charge in [-0.1, -0.05) is 36.4 Å². The van der Waals surface area contributed by atoms with Gasteiger partial charge in [-0.05, 0) is 76.6 Å².